The fourth-order valence-electron chi connectivity index (χ4n) is 1.73. The first-order valence-electron chi connectivity index (χ1n) is 6.56. The summed E-state index contributed by atoms with van der Waals surface area (Å²) in [4.78, 5) is 0. The van der Waals surface area contributed by atoms with Gasteiger partial charge in [-0.2, -0.15) is 0 Å². The van der Waals surface area contributed by atoms with Gasteiger partial charge in [0, 0.05) is 19.2 Å². The molecule has 1 unspecified atom stereocenters. The molecule has 0 aromatic heterocycles. The number of methoxy groups -OCH3 is 1. The molecule has 1 atom stereocenters. The third kappa shape index (κ3) is 5.27. The highest BCUT2D eigenvalue weighted by Gasteiger charge is 2.19. The summed E-state index contributed by atoms with van der Waals surface area (Å²) in [7, 11) is 3.51. The van der Waals surface area contributed by atoms with Crippen molar-refractivity contribution in [3.05, 3.63) is 35.6 Å². The van der Waals surface area contributed by atoms with Crippen LogP contribution in [0.4, 0.5) is 4.39 Å². The maximum atomic E-state index is 13.8. The molecule has 0 heterocycles. The molecule has 0 aliphatic carbocycles. The summed E-state index contributed by atoms with van der Waals surface area (Å²) in [6.45, 7) is 5.12. The van der Waals surface area contributed by atoms with Crippen LogP contribution in [-0.2, 0) is 9.47 Å². The summed E-state index contributed by atoms with van der Waals surface area (Å²) < 4.78 is 24.9. The Morgan fingerprint density at radius 3 is 2.58 bits per heavy atom. The van der Waals surface area contributed by atoms with E-state index in [2.05, 4.69) is 5.32 Å². The van der Waals surface area contributed by atoms with E-state index in [4.69, 9.17) is 9.47 Å². The van der Waals surface area contributed by atoms with Gasteiger partial charge in [-0.1, -0.05) is 18.2 Å². The Kier molecular flexibility index (Phi) is 6.42. The normalized spacial score (nSPS) is 13.5. The molecule has 19 heavy (non-hydrogen) atoms. The standard InChI is InChI=1S/C15H24FNO2/c1-15(2,18-4)9-10-19-14(11-17-3)12-7-5-6-8-13(12)16/h5-8,14,17H,9-11H2,1-4H3. The Bertz CT molecular complexity index is 382. The highest BCUT2D eigenvalue weighted by atomic mass is 19.1. The lowest BCUT2D eigenvalue weighted by Crippen LogP contribution is -2.27. The summed E-state index contributed by atoms with van der Waals surface area (Å²) in [6.07, 6.45) is 0.483. The van der Waals surface area contributed by atoms with Gasteiger partial charge in [0.2, 0.25) is 0 Å². The predicted octanol–water partition coefficient (Wildman–Crippen LogP) is 2.92. The van der Waals surface area contributed by atoms with E-state index in [1.54, 1.807) is 19.2 Å². The van der Waals surface area contributed by atoms with Gasteiger partial charge < -0.3 is 14.8 Å². The van der Waals surface area contributed by atoms with E-state index < -0.39 is 0 Å². The Morgan fingerprint density at radius 1 is 1.32 bits per heavy atom. The van der Waals surface area contributed by atoms with E-state index in [0.29, 0.717) is 18.7 Å². The molecule has 0 saturated heterocycles. The monoisotopic (exact) mass is 269 g/mol. The number of likely N-dealkylation sites (N-methyl/N-ethyl adjacent to an activating group) is 1. The zero-order valence-corrected chi connectivity index (χ0v) is 12.2. The van der Waals surface area contributed by atoms with Crippen molar-refractivity contribution in [2.45, 2.75) is 32.0 Å². The lowest BCUT2D eigenvalue weighted by molar-refractivity contribution is -0.0275. The second kappa shape index (κ2) is 7.58. The molecule has 0 aliphatic heterocycles. The summed E-state index contributed by atoms with van der Waals surface area (Å²) in [5, 5.41) is 3.03. The fraction of sp³-hybridized carbons (Fsp3) is 0.600. The molecule has 1 rings (SSSR count). The number of halogens is 1. The van der Waals surface area contributed by atoms with Crippen LogP contribution in [0.3, 0.4) is 0 Å². The summed E-state index contributed by atoms with van der Waals surface area (Å²) >= 11 is 0. The average molecular weight is 269 g/mol. The maximum Gasteiger partial charge on any atom is 0.129 e. The topological polar surface area (TPSA) is 30.5 Å². The minimum absolute atomic E-state index is 0.223. The van der Waals surface area contributed by atoms with Crippen molar-refractivity contribution in [2.24, 2.45) is 0 Å². The van der Waals surface area contributed by atoms with E-state index >= 15 is 0 Å². The molecule has 4 heteroatoms. The largest absolute Gasteiger partial charge is 0.379 e. The van der Waals surface area contributed by atoms with Crippen molar-refractivity contribution in [1.29, 1.82) is 0 Å². The van der Waals surface area contributed by atoms with Crippen LogP contribution >= 0.6 is 0 Å². The molecule has 0 aliphatic rings. The number of ether oxygens (including phenoxy) is 2. The lowest BCUT2D eigenvalue weighted by Gasteiger charge is -2.25. The number of hydrogen-bond donors (Lipinski definition) is 1. The van der Waals surface area contributed by atoms with Gasteiger partial charge in [-0.25, -0.2) is 4.39 Å². The lowest BCUT2D eigenvalue weighted by atomic mass is 10.1. The molecule has 1 N–H and O–H groups in total. The van der Waals surface area contributed by atoms with Gasteiger partial charge in [-0.3, -0.25) is 0 Å². The molecule has 0 amide bonds. The van der Waals surface area contributed by atoms with Crippen LogP contribution in [0.5, 0.6) is 0 Å². The van der Waals surface area contributed by atoms with Gasteiger partial charge in [0.25, 0.3) is 0 Å². The Morgan fingerprint density at radius 2 is 2.00 bits per heavy atom. The Hall–Kier alpha value is -0.970. The van der Waals surface area contributed by atoms with E-state index in [0.717, 1.165) is 6.42 Å². The number of nitrogens with one attached hydrogen (secondary N) is 1. The highest BCUT2D eigenvalue weighted by Crippen LogP contribution is 2.21. The van der Waals surface area contributed by atoms with Crippen LogP contribution in [0.2, 0.25) is 0 Å². The molecular formula is C15H24FNO2. The van der Waals surface area contributed by atoms with Crippen LogP contribution in [0, 0.1) is 5.82 Å². The van der Waals surface area contributed by atoms with Gasteiger partial charge in [0.1, 0.15) is 5.82 Å². The minimum Gasteiger partial charge on any atom is -0.379 e. The first-order chi connectivity index (χ1) is 9.00. The SMILES string of the molecule is CNCC(OCCC(C)(C)OC)c1ccccc1F. The van der Waals surface area contributed by atoms with Gasteiger partial charge in [0.15, 0.2) is 0 Å². The molecular weight excluding hydrogens is 245 g/mol. The maximum absolute atomic E-state index is 13.8. The van der Waals surface area contributed by atoms with E-state index in [1.807, 2.05) is 27.0 Å². The van der Waals surface area contributed by atoms with Crippen molar-refractivity contribution in [3.63, 3.8) is 0 Å². The Labute approximate surface area is 115 Å². The molecule has 0 bridgehead atoms. The molecule has 0 fully saturated rings. The third-order valence-corrected chi connectivity index (χ3v) is 3.22. The van der Waals surface area contributed by atoms with Gasteiger partial charge in [-0.05, 0) is 33.4 Å². The molecule has 0 spiro atoms. The van der Waals surface area contributed by atoms with Crippen LogP contribution in [0.1, 0.15) is 31.9 Å². The van der Waals surface area contributed by atoms with Crippen molar-refractivity contribution in [1.82, 2.24) is 5.32 Å². The van der Waals surface area contributed by atoms with Crippen molar-refractivity contribution >= 4 is 0 Å². The molecule has 108 valence electrons. The van der Waals surface area contributed by atoms with Crippen LogP contribution < -0.4 is 5.32 Å². The van der Waals surface area contributed by atoms with Crippen LogP contribution in [-0.4, -0.2) is 32.9 Å². The van der Waals surface area contributed by atoms with E-state index in [-0.39, 0.29) is 17.5 Å². The van der Waals surface area contributed by atoms with E-state index in [1.165, 1.54) is 6.07 Å². The number of rotatable bonds is 8. The quantitative estimate of drug-likeness (QED) is 0.787. The van der Waals surface area contributed by atoms with Crippen molar-refractivity contribution < 1.29 is 13.9 Å². The fourth-order valence-corrected chi connectivity index (χ4v) is 1.73. The minimum atomic E-state index is -0.279. The summed E-state index contributed by atoms with van der Waals surface area (Å²) in [5.74, 6) is -0.228. The smallest absolute Gasteiger partial charge is 0.129 e. The zero-order chi connectivity index (χ0) is 14.3. The van der Waals surface area contributed by atoms with Crippen molar-refractivity contribution in [2.75, 3.05) is 27.3 Å². The second-order valence-corrected chi connectivity index (χ2v) is 5.15. The average Bonchev–Trinajstić information content (AvgIpc) is 2.38. The first-order valence-corrected chi connectivity index (χ1v) is 6.56. The van der Waals surface area contributed by atoms with E-state index in [9.17, 15) is 4.39 Å². The molecule has 1 aromatic rings. The van der Waals surface area contributed by atoms with Crippen LogP contribution in [0.15, 0.2) is 24.3 Å². The predicted molar refractivity (Wildman–Crippen MR) is 74.7 cm³/mol. The van der Waals surface area contributed by atoms with Crippen LogP contribution in [0.25, 0.3) is 0 Å². The number of hydrogen-bond acceptors (Lipinski definition) is 3. The summed E-state index contributed by atoms with van der Waals surface area (Å²) in [6, 6.07) is 6.73. The van der Waals surface area contributed by atoms with Gasteiger partial charge in [0.05, 0.1) is 18.3 Å². The molecule has 0 saturated carbocycles. The van der Waals surface area contributed by atoms with Gasteiger partial charge >= 0.3 is 0 Å². The zero-order valence-electron chi connectivity index (χ0n) is 12.2. The molecule has 3 nitrogen and oxygen atoms in total. The van der Waals surface area contributed by atoms with Gasteiger partial charge in [-0.15, -0.1) is 0 Å². The first kappa shape index (κ1) is 16.1. The third-order valence-electron chi connectivity index (χ3n) is 3.22. The van der Waals surface area contributed by atoms with Crippen molar-refractivity contribution in [3.8, 4) is 0 Å². The highest BCUT2D eigenvalue weighted by molar-refractivity contribution is 5.20. The number of benzene rings is 1. The summed E-state index contributed by atoms with van der Waals surface area (Å²) in [5.41, 5.74) is 0.367. The second-order valence-electron chi connectivity index (χ2n) is 5.15. The molecule has 0 radical (unpaired) electrons. The Balaban J connectivity index is 2.62. The molecule has 1 aromatic carbocycles.